The van der Waals surface area contributed by atoms with Crippen LogP contribution < -0.4 is 5.73 Å². The van der Waals surface area contributed by atoms with Crippen LogP contribution in [0.25, 0.3) is 0 Å². The first-order valence-corrected chi connectivity index (χ1v) is 9.18. The van der Waals surface area contributed by atoms with Crippen LogP contribution in [0.2, 0.25) is 0 Å². The minimum absolute atomic E-state index is 0.00715. The predicted octanol–water partition coefficient (Wildman–Crippen LogP) is 2.56. The number of benzene rings is 1. The fraction of sp³-hybridized carbons (Fsp3) is 0.556. The van der Waals surface area contributed by atoms with Gasteiger partial charge in [0, 0.05) is 24.0 Å². The number of carbonyl (C=O) groups is 1. The number of rotatable bonds is 1. The molecule has 1 heterocycles. The van der Waals surface area contributed by atoms with Crippen molar-refractivity contribution < 1.29 is 9.53 Å². The minimum atomic E-state index is -0.871. The van der Waals surface area contributed by atoms with Crippen LogP contribution in [0, 0.1) is 5.41 Å². The summed E-state index contributed by atoms with van der Waals surface area (Å²) in [7, 11) is 3.49. The molecule has 2 N–H and O–H groups in total. The number of methoxy groups -OCH3 is 1. The molecule has 1 amide bonds. The van der Waals surface area contributed by atoms with Gasteiger partial charge in [-0.3, -0.25) is 9.69 Å². The molecule has 6 heteroatoms. The average Bonchev–Trinajstić information content (AvgIpc) is 2.97. The van der Waals surface area contributed by atoms with E-state index in [1.165, 1.54) is 10.5 Å². The minimum Gasteiger partial charge on any atom is -0.381 e. The highest BCUT2D eigenvalue weighted by atomic mass is 79.9. The van der Waals surface area contributed by atoms with Crippen molar-refractivity contribution in [2.75, 3.05) is 14.2 Å². The van der Waals surface area contributed by atoms with Crippen LogP contribution in [0.5, 0.6) is 0 Å². The lowest BCUT2D eigenvalue weighted by molar-refractivity contribution is -0.137. The summed E-state index contributed by atoms with van der Waals surface area (Å²) in [6, 6.07) is 6.22. The fourth-order valence-corrected chi connectivity index (χ4v) is 5.26. The number of hydrogen-bond donors (Lipinski definition) is 1. The van der Waals surface area contributed by atoms with Crippen LogP contribution in [-0.2, 0) is 21.5 Å². The van der Waals surface area contributed by atoms with E-state index in [1.54, 1.807) is 14.2 Å². The molecule has 1 aliphatic heterocycles. The highest BCUT2D eigenvalue weighted by Crippen LogP contribution is 2.61. The zero-order valence-corrected chi connectivity index (χ0v) is 15.6. The summed E-state index contributed by atoms with van der Waals surface area (Å²) in [4.78, 5) is 19.6. The number of aliphatic imine (C=N–C) groups is 1. The third kappa shape index (κ3) is 1.90. The van der Waals surface area contributed by atoms with E-state index in [4.69, 9.17) is 15.5 Å². The second kappa shape index (κ2) is 5.30. The number of ether oxygens (including phenoxy) is 1. The second-order valence-corrected chi connectivity index (χ2v) is 8.15. The highest BCUT2D eigenvalue weighted by Gasteiger charge is 2.66. The Morgan fingerprint density at radius 3 is 2.67 bits per heavy atom. The standard InChI is InChI=1S/C18H22BrN3O2/c1-22-15(23)18(21-16(22)20)14-9-12(19)4-3-11(14)10-17(18)7-5-13(24-2)6-8-17/h3-4,9,13H,5-8,10H2,1-2H3,(H2,20,21)/t13?,17?,18-/m1/s1. The van der Waals surface area contributed by atoms with Crippen molar-refractivity contribution in [2.24, 2.45) is 16.1 Å². The summed E-state index contributed by atoms with van der Waals surface area (Å²) in [6.07, 6.45) is 4.92. The summed E-state index contributed by atoms with van der Waals surface area (Å²) in [6.45, 7) is 0. The van der Waals surface area contributed by atoms with Crippen LogP contribution in [-0.4, -0.2) is 37.0 Å². The maximum absolute atomic E-state index is 13.3. The molecule has 2 aliphatic carbocycles. The topological polar surface area (TPSA) is 67.9 Å². The molecule has 3 aliphatic rings. The Balaban J connectivity index is 1.89. The predicted molar refractivity (Wildman–Crippen MR) is 95.6 cm³/mol. The first-order chi connectivity index (χ1) is 11.4. The Morgan fingerprint density at radius 1 is 1.38 bits per heavy atom. The van der Waals surface area contributed by atoms with E-state index in [9.17, 15) is 4.79 Å². The molecule has 1 saturated carbocycles. The van der Waals surface area contributed by atoms with E-state index < -0.39 is 5.54 Å². The van der Waals surface area contributed by atoms with E-state index in [-0.39, 0.29) is 17.4 Å². The monoisotopic (exact) mass is 391 g/mol. The quantitative estimate of drug-likeness (QED) is 0.799. The molecule has 5 nitrogen and oxygen atoms in total. The van der Waals surface area contributed by atoms with Crippen molar-refractivity contribution in [1.82, 2.24) is 4.90 Å². The van der Waals surface area contributed by atoms with Crippen molar-refractivity contribution in [3.63, 3.8) is 0 Å². The van der Waals surface area contributed by atoms with Gasteiger partial charge in [-0.05, 0) is 55.4 Å². The summed E-state index contributed by atoms with van der Waals surface area (Å²) in [5.41, 5.74) is 7.25. The van der Waals surface area contributed by atoms with Gasteiger partial charge in [-0.15, -0.1) is 0 Å². The van der Waals surface area contributed by atoms with Crippen LogP contribution in [0.3, 0.4) is 0 Å². The summed E-state index contributed by atoms with van der Waals surface area (Å²) < 4.78 is 6.52. The van der Waals surface area contributed by atoms with E-state index >= 15 is 0 Å². The number of nitrogens with two attached hydrogens (primary N) is 1. The van der Waals surface area contributed by atoms with Gasteiger partial charge >= 0.3 is 0 Å². The number of hydrogen-bond acceptors (Lipinski definition) is 4. The largest absolute Gasteiger partial charge is 0.381 e. The number of nitrogens with zero attached hydrogens (tertiary/aromatic N) is 2. The van der Waals surface area contributed by atoms with Gasteiger partial charge in [0.25, 0.3) is 5.91 Å². The van der Waals surface area contributed by atoms with Crippen LogP contribution >= 0.6 is 15.9 Å². The van der Waals surface area contributed by atoms with Crippen LogP contribution in [0.15, 0.2) is 27.7 Å². The number of likely N-dealkylation sites (N-methyl/N-ethyl adjacent to an activating group) is 1. The van der Waals surface area contributed by atoms with Gasteiger partial charge in [0.15, 0.2) is 11.5 Å². The molecule has 2 spiro atoms. The molecule has 4 rings (SSSR count). The zero-order valence-electron chi connectivity index (χ0n) is 14.0. The molecule has 1 fully saturated rings. The molecule has 0 unspecified atom stereocenters. The van der Waals surface area contributed by atoms with Crippen molar-refractivity contribution in [3.8, 4) is 0 Å². The summed E-state index contributed by atoms with van der Waals surface area (Å²) in [5, 5.41) is 0. The smallest absolute Gasteiger partial charge is 0.262 e. The van der Waals surface area contributed by atoms with Crippen LogP contribution in [0.1, 0.15) is 36.8 Å². The van der Waals surface area contributed by atoms with Crippen molar-refractivity contribution >= 4 is 27.8 Å². The average molecular weight is 392 g/mol. The van der Waals surface area contributed by atoms with Gasteiger partial charge in [-0.25, -0.2) is 4.99 Å². The molecule has 0 saturated heterocycles. The third-order valence-electron chi connectivity index (χ3n) is 6.22. The Bertz CT molecular complexity index is 740. The molecule has 0 bridgehead atoms. The second-order valence-electron chi connectivity index (χ2n) is 7.24. The van der Waals surface area contributed by atoms with E-state index in [1.807, 2.05) is 6.07 Å². The van der Waals surface area contributed by atoms with E-state index in [2.05, 4.69) is 28.1 Å². The van der Waals surface area contributed by atoms with E-state index in [0.29, 0.717) is 5.96 Å². The molecule has 1 aromatic rings. The fourth-order valence-electron chi connectivity index (χ4n) is 4.90. The molecule has 24 heavy (non-hydrogen) atoms. The van der Waals surface area contributed by atoms with Gasteiger partial charge in [0.1, 0.15) is 0 Å². The number of amides is 1. The SMILES string of the molecule is COC1CCC2(CC1)Cc1ccc(Br)cc1[C@]21N=C(N)N(C)C1=O. The maximum atomic E-state index is 13.3. The summed E-state index contributed by atoms with van der Waals surface area (Å²) >= 11 is 3.55. The first-order valence-electron chi connectivity index (χ1n) is 8.39. The number of fused-ring (bicyclic) bond motifs is 3. The molecule has 1 aromatic carbocycles. The Hall–Kier alpha value is -1.40. The van der Waals surface area contributed by atoms with Gasteiger partial charge in [0.05, 0.1) is 6.10 Å². The van der Waals surface area contributed by atoms with Gasteiger partial charge in [-0.1, -0.05) is 22.0 Å². The summed E-state index contributed by atoms with van der Waals surface area (Å²) in [5.74, 6) is 0.328. The zero-order chi connectivity index (χ0) is 17.1. The lowest BCUT2D eigenvalue weighted by Crippen LogP contribution is -2.51. The van der Waals surface area contributed by atoms with Gasteiger partial charge in [-0.2, -0.15) is 0 Å². The molecular weight excluding hydrogens is 370 g/mol. The number of guanidine groups is 1. The Labute approximate surface area is 150 Å². The van der Waals surface area contributed by atoms with Crippen molar-refractivity contribution in [1.29, 1.82) is 0 Å². The third-order valence-corrected chi connectivity index (χ3v) is 6.71. The van der Waals surface area contributed by atoms with Crippen molar-refractivity contribution in [2.45, 2.75) is 43.7 Å². The molecule has 0 aromatic heterocycles. The van der Waals surface area contributed by atoms with E-state index in [0.717, 1.165) is 42.1 Å². The van der Waals surface area contributed by atoms with Gasteiger partial charge in [0.2, 0.25) is 0 Å². The maximum Gasteiger partial charge on any atom is 0.262 e. The molecule has 1 atom stereocenters. The first kappa shape index (κ1) is 16.1. The molecule has 0 radical (unpaired) electrons. The number of halogens is 1. The van der Waals surface area contributed by atoms with Crippen LogP contribution in [0.4, 0.5) is 0 Å². The number of carbonyl (C=O) groups excluding carboxylic acids is 1. The lowest BCUT2D eigenvalue weighted by Gasteiger charge is -2.45. The highest BCUT2D eigenvalue weighted by molar-refractivity contribution is 9.10. The van der Waals surface area contributed by atoms with Crippen molar-refractivity contribution in [3.05, 3.63) is 33.8 Å². The lowest BCUT2D eigenvalue weighted by atomic mass is 9.61. The molecule has 128 valence electrons. The van der Waals surface area contributed by atoms with Gasteiger partial charge < -0.3 is 10.5 Å². The Morgan fingerprint density at radius 2 is 2.08 bits per heavy atom. The Kier molecular flexibility index (Phi) is 3.55. The normalized spacial score (nSPS) is 35.0. The molecular formula is C18H22BrN3O2.